The van der Waals surface area contributed by atoms with Gasteiger partial charge in [0, 0.05) is 18.7 Å². The number of aromatic nitrogens is 2. The Balaban J connectivity index is 1.59. The van der Waals surface area contributed by atoms with E-state index in [-0.39, 0.29) is 5.56 Å². The Morgan fingerprint density at radius 2 is 1.70 bits per heavy atom. The molecule has 4 rings (SSSR count). The first-order valence-electron chi connectivity index (χ1n) is 10.3. The van der Waals surface area contributed by atoms with Gasteiger partial charge in [0.25, 0.3) is 5.56 Å². The molecular formula is C24H24N4O2. The molecule has 0 spiro atoms. The highest BCUT2D eigenvalue weighted by atomic mass is 16.5. The molecule has 2 heterocycles. The number of aromatic amines is 1. The summed E-state index contributed by atoms with van der Waals surface area (Å²) in [6.07, 6.45) is 4.53. The quantitative estimate of drug-likeness (QED) is 0.692. The van der Waals surface area contributed by atoms with E-state index < -0.39 is 5.56 Å². The molecule has 1 aliphatic heterocycles. The molecule has 0 bridgehead atoms. The zero-order chi connectivity index (χ0) is 20.8. The third-order valence-electron chi connectivity index (χ3n) is 5.30. The molecule has 1 N–H and O–H groups in total. The van der Waals surface area contributed by atoms with Crippen LogP contribution in [0.25, 0.3) is 11.3 Å². The molecule has 2 aromatic carbocycles. The van der Waals surface area contributed by atoms with Crippen molar-refractivity contribution >= 4 is 5.95 Å². The fourth-order valence-corrected chi connectivity index (χ4v) is 3.66. The third-order valence-corrected chi connectivity index (χ3v) is 5.30. The number of rotatable bonds is 5. The number of nitrogens with one attached hydrogen (secondary N) is 1. The van der Waals surface area contributed by atoms with Crippen LogP contribution in [0.3, 0.4) is 0 Å². The van der Waals surface area contributed by atoms with Crippen molar-refractivity contribution in [1.82, 2.24) is 9.97 Å². The smallest absolute Gasteiger partial charge is 0.270 e. The van der Waals surface area contributed by atoms with E-state index in [1.165, 1.54) is 12.8 Å². The number of nitrogens with zero attached hydrogens (tertiary/aromatic N) is 3. The first-order chi connectivity index (χ1) is 14.7. The van der Waals surface area contributed by atoms with Crippen LogP contribution in [0.15, 0.2) is 59.4 Å². The predicted molar refractivity (Wildman–Crippen MR) is 116 cm³/mol. The molecule has 1 aromatic heterocycles. The van der Waals surface area contributed by atoms with Crippen molar-refractivity contribution in [2.45, 2.75) is 32.3 Å². The lowest BCUT2D eigenvalue weighted by atomic mass is 10.1. The standard InChI is InChI=1S/C24H24N4O2/c25-16-21-22(26-24(27-23(21)29)28-14-6-1-2-7-15-28)19-10-12-20(13-11-19)30-17-18-8-4-3-5-9-18/h3-5,8-13H,1-2,6-7,14-15,17H2,(H,26,27,29). The Morgan fingerprint density at radius 1 is 1.00 bits per heavy atom. The van der Waals surface area contributed by atoms with E-state index in [4.69, 9.17) is 4.74 Å². The van der Waals surface area contributed by atoms with Crippen molar-refractivity contribution < 1.29 is 4.74 Å². The fraction of sp³-hybridized carbons (Fsp3) is 0.292. The largest absolute Gasteiger partial charge is 0.489 e. The van der Waals surface area contributed by atoms with Crippen LogP contribution in [0.1, 0.15) is 36.8 Å². The SMILES string of the molecule is N#Cc1c(-c2ccc(OCc3ccccc3)cc2)nc(N2CCCCCC2)[nH]c1=O. The van der Waals surface area contributed by atoms with E-state index in [9.17, 15) is 10.1 Å². The van der Waals surface area contributed by atoms with E-state index in [0.717, 1.165) is 42.8 Å². The molecule has 6 heteroatoms. The Hall–Kier alpha value is -3.59. The maximum absolute atomic E-state index is 12.6. The molecule has 152 valence electrons. The minimum atomic E-state index is -0.397. The van der Waals surface area contributed by atoms with Crippen LogP contribution in [-0.4, -0.2) is 23.1 Å². The van der Waals surface area contributed by atoms with Crippen LogP contribution >= 0.6 is 0 Å². The first-order valence-corrected chi connectivity index (χ1v) is 10.3. The molecular weight excluding hydrogens is 376 g/mol. The van der Waals surface area contributed by atoms with Crippen molar-refractivity contribution in [1.29, 1.82) is 5.26 Å². The Morgan fingerprint density at radius 3 is 2.37 bits per heavy atom. The summed E-state index contributed by atoms with van der Waals surface area (Å²) < 4.78 is 5.83. The number of nitriles is 1. The number of hydrogen-bond donors (Lipinski definition) is 1. The van der Waals surface area contributed by atoms with E-state index in [1.54, 1.807) is 0 Å². The average Bonchev–Trinajstić information content (AvgIpc) is 3.08. The average molecular weight is 400 g/mol. The van der Waals surface area contributed by atoms with E-state index in [0.29, 0.717) is 18.2 Å². The minimum absolute atomic E-state index is 0.0338. The number of H-pyrrole nitrogens is 1. The van der Waals surface area contributed by atoms with Crippen LogP contribution in [0.2, 0.25) is 0 Å². The van der Waals surface area contributed by atoms with Crippen LogP contribution in [0.4, 0.5) is 5.95 Å². The summed E-state index contributed by atoms with van der Waals surface area (Å²) in [6, 6.07) is 19.3. The lowest BCUT2D eigenvalue weighted by Gasteiger charge is -2.21. The summed E-state index contributed by atoms with van der Waals surface area (Å²) >= 11 is 0. The lowest BCUT2D eigenvalue weighted by Crippen LogP contribution is -2.29. The topological polar surface area (TPSA) is 82.0 Å². The maximum atomic E-state index is 12.6. The highest BCUT2D eigenvalue weighted by Crippen LogP contribution is 2.25. The summed E-state index contributed by atoms with van der Waals surface area (Å²) in [5.74, 6) is 1.26. The normalized spacial score (nSPS) is 14.0. The summed E-state index contributed by atoms with van der Waals surface area (Å²) in [6.45, 7) is 2.20. The zero-order valence-electron chi connectivity index (χ0n) is 16.8. The molecule has 6 nitrogen and oxygen atoms in total. The van der Waals surface area contributed by atoms with Gasteiger partial charge in [-0.1, -0.05) is 43.2 Å². The van der Waals surface area contributed by atoms with Gasteiger partial charge in [-0.05, 0) is 42.7 Å². The lowest BCUT2D eigenvalue weighted by molar-refractivity contribution is 0.306. The van der Waals surface area contributed by atoms with Crippen molar-refractivity contribution in [2.75, 3.05) is 18.0 Å². The van der Waals surface area contributed by atoms with Crippen molar-refractivity contribution in [2.24, 2.45) is 0 Å². The third kappa shape index (κ3) is 4.52. The van der Waals surface area contributed by atoms with Crippen LogP contribution in [0.5, 0.6) is 5.75 Å². The van der Waals surface area contributed by atoms with Crippen LogP contribution < -0.4 is 15.2 Å². The van der Waals surface area contributed by atoms with Crippen LogP contribution in [0, 0.1) is 11.3 Å². The van der Waals surface area contributed by atoms with Crippen molar-refractivity contribution in [3.63, 3.8) is 0 Å². The summed E-state index contributed by atoms with van der Waals surface area (Å²) in [5, 5.41) is 9.52. The predicted octanol–water partition coefficient (Wildman–Crippen LogP) is 4.27. The molecule has 1 saturated heterocycles. The first kappa shape index (κ1) is 19.7. The van der Waals surface area contributed by atoms with E-state index >= 15 is 0 Å². The van der Waals surface area contributed by atoms with E-state index in [2.05, 4.69) is 14.9 Å². The van der Waals surface area contributed by atoms with Crippen LogP contribution in [-0.2, 0) is 6.61 Å². The molecule has 0 amide bonds. The van der Waals surface area contributed by atoms with Gasteiger partial charge < -0.3 is 9.64 Å². The Bertz CT molecular complexity index is 1080. The van der Waals surface area contributed by atoms with Gasteiger partial charge in [0.2, 0.25) is 5.95 Å². The van der Waals surface area contributed by atoms with Gasteiger partial charge >= 0.3 is 0 Å². The second kappa shape index (κ2) is 9.27. The van der Waals surface area contributed by atoms with Crippen molar-refractivity contribution in [3.05, 3.63) is 76.1 Å². The van der Waals surface area contributed by atoms with Gasteiger partial charge in [-0.25, -0.2) is 4.98 Å². The highest BCUT2D eigenvalue weighted by molar-refractivity contribution is 5.67. The Kier molecular flexibility index (Phi) is 6.09. The molecule has 0 aliphatic carbocycles. The molecule has 0 unspecified atom stereocenters. The number of hydrogen-bond acceptors (Lipinski definition) is 5. The summed E-state index contributed by atoms with van der Waals surface area (Å²) in [4.78, 5) is 22.1. The summed E-state index contributed by atoms with van der Waals surface area (Å²) in [7, 11) is 0. The fourth-order valence-electron chi connectivity index (χ4n) is 3.66. The van der Waals surface area contributed by atoms with Gasteiger partial charge in [-0.3, -0.25) is 9.78 Å². The molecule has 0 atom stereocenters. The van der Waals surface area contributed by atoms with Gasteiger partial charge in [-0.15, -0.1) is 0 Å². The zero-order valence-corrected chi connectivity index (χ0v) is 16.8. The van der Waals surface area contributed by atoms with Gasteiger partial charge in [0.1, 0.15) is 24.0 Å². The Labute approximate surface area is 175 Å². The second-order valence-electron chi connectivity index (χ2n) is 7.42. The number of benzene rings is 2. The second-order valence-corrected chi connectivity index (χ2v) is 7.42. The summed E-state index contributed by atoms with van der Waals surface area (Å²) in [5.41, 5.74) is 1.86. The molecule has 1 fully saturated rings. The molecule has 0 radical (unpaired) electrons. The van der Waals surface area contributed by atoms with E-state index in [1.807, 2.05) is 60.7 Å². The molecule has 3 aromatic rings. The van der Waals surface area contributed by atoms with Gasteiger partial charge in [0.05, 0.1) is 5.69 Å². The number of ether oxygens (including phenoxy) is 1. The molecule has 0 saturated carbocycles. The monoisotopic (exact) mass is 400 g/mol. The molecule has 1 aliphatic rings. The molecule has 30 heavy (non-hydrogen) atoms. The van der Waals surface area contributed by atoms with Crippen molar-refractivity contribution in [3.8, 4) is 23.1 Å². The number of anilines is 1. The highest BCUT2D eigenvalue weighted by Gasteiger charge is 2.18. The maximum Gasteiger partial charge on any atom is 0.270 e. The minimum Gasteiger partial charge on any atom is -0.489 e. The van der Waals surface area contributed by atoms with Gasteiger partial charge in [0.15, 0.2) is 0 Å². The van der Waals surface area contributed by atoms with Gasteiger partial charge in [-0.2, -0.15) is 5.26 Å².